The molecule has 0 aliphatic carbocycles. The number of hydrogen-bond acceptors (Lipinski definition) is 3. The van der Waals surface area contributed by atoms with Gasteiger partial charge in [0, 0.05) is 17.1 Å². The van der Waals surface area contributed by atoms with Crippen LogP contribution >= 0.6 is 11.6 Å². The monoisotopic (exact) mass is 300 g/mol. The van der Waals surface area contributed by atoms with Crippen molar-refractivity contribution in [2.75, 3.05) is 11.9 Å². The largest absolute Gasteiger partial charge is 0.479 e. The van der Waals surface area contributed by atoms with Crippen LogP contribution in [0.5, 0.6) is 5.75 Å². The van der Waals surface area contributed by atoms with Crippen molar-refractivity contribution in [1.82, 2.24) is 0 Å². The lowest BCUT2D eigenvalue weighted by Gasteiger charge is -2.07. The van der Waals surface area contributed by atoms with Gasteiger partial charge in [-0.25, -0.2) is 0 Å². The highest BCUT2D eigenvalue weighted by Gasteiger charge is 2.06. The van der Waals surface area contributed by atoms with Crippen LogP contribution in [-0.2, 0) is 5.88 Å². The summed E-state index contributed by atoms with van der Waals surface area (Å²) >= 11 is 5.75. The zero-order chi connectivity index (χ0) is 15.1. The third kappa shape index (κ3) is 4.23. The van der Waals surface area contributed by atoms with Crippen molar-refractivity contribution >= 4 is 23.2 Å². The molecule has 2 rings (SSSR count). The minimum Gasteiger partial charge on any atom is -0.479 e. The van der Waals surface area contributed by atoms with Crippen LogP contribution in [-0.4, -0.2) is 12.5 Å². The number of alkyl halides is 1. The molecule has 0 radical (unpaired) electrons. The topological polar surface area (TPSA) is 62.1 Å². The van der Waals surface area contributed by atoms with E-state index in [1.807, 2.05) is 12.1 Å². The molecule has 0 saturated heterocycles. The van der Waals surface area contributed by atoms with Crippen molar-refractivity contribution in [2.45, 2.75) is 5.88 Å². The van der Waals surface area contributed by atoms with E-state index in [2.05, 4.69) is 5.32 Å². The van der Waals surface area contributed by atoms with E-state index in [1.54, 1.807) is 42.5 Å². The maximum Gasteiger partial charge on any atom is 0.255 e. The number of carbonyl (C=O) groups excluding carboxylic acids is 1. The molecule has 0 spiro atoms. The minimum atomic E-state index is -0.201. The number of nitrogens with one attached hydrogen (secondary N) is 1. The maximum absolute atomic E-state index is 12.1. The number of hydrogen-bond donors (Lipinski definition) is 1. The third-order valence-corrected chi connectivity index (χ3v) is 3.07. The summed E-state index contributed by atoms with van der Waals surface area (Å²) in [6.45, 7) is -0.00305. The zero-order valence-electron chi connectivity index (χ0n) is 11.2. The maximum atomic E-state index is 12.1. The molecule has 1 amide bonds. The standard InChI is InChI=1S/C16H13ClN2O2/c17-11-12-2-1-3-13(10-12)16(20)19-14-4-6-15(7-5-14)21-9-8-18/h1-7,10H,9,11H2,(H,19,20). The first-order chi connectivity index (χ1) is 10.2. The quantitative estimate of drug-likeness (QED) is 0.859. The van der Waals surface area contributed by atoms with Gasteiger partial charge in [-0.05, 0) is 42.0 Å². The molecule has 0 unspecified atom stereocenters. The zero-order valence-corrected chi connectivity index (χ0v) is 11.9. The predicted octanol–water partition coefficient (Wildman–Crippen LogP) is 3.58. The average Bonchev–Trinajstić information content (AvgIpc) is 2.54. The van der Waals surface area contributed by atoms with E-state index < -0.39 is 0 Å². The Kier molecular flexibility index (Phi) is 5.19. The SMILES string of the molecule is N#CCOc1ccc(NC(=O)c2cccc(CCl)c2)cc1. The molecule has 106 valence electrons. The molecule has 0 aliphatic heterocycles. The number of rotatable bonds is 5. The molecule has 5 heteroatoms. The van der Waals surface area contributed by atoms with Crippen LogP contribution in [0.2, 0.25) is 0 Å². The molecular formula is C16H13ClN2O2. The van der Waals surface area contributed by atoms with Crippen LogP contribution in [0.3, 0.4) is 0 Å². The summed E-state index contributed by atoms with van der Waals surface area (Å²) in [5.74, 6) is 0.748. The van der Waals surface area contributed by atoms with Gasteiger partial charge in [0.1, 0.15) is 11.8 Å². The lowest BCUT2D eigenvalue weighted by atomic mass is 10.1. The van der Waals surface area contributed by atoms with E-state index in [1.165, 1.54) is 0 Å². The molecular weight excluding hydrogens is 288 g/mol. The summed E-state index contributed by atoms with van der Waals surface area (Å²) in [5.41, 5.74) is 2.10. The van der Waals surface area contributed by atoms with Gasteiger partial charge in [-0.2, -0.15) is 5.26 Å². The molecule has 2 aromatic carbocycles. The van der Waals surface area contributed by atoms with Gasteiger partial charge in [0.2, 0.25) is 0 Å². The second kappa shape index (κ2) is 7.32. The highest BCUT2D eigenvalue weighted by molar-refractivity contribution is 6.17. The summed E-state index contributed by atoms with van der Waals surface area (Å²) in [6, 6.07) is 15.9. The van der Waals surface area contributed by atoms with Gasteiger partial charge >= 0.3 is 0 Å². The predicted molar refractivity (Wildman–Crippen MR) is 81.5 cm³/mol. The van der Waals surface area contributed by atoms with Gasteiger partial charge < -0.3 is 10.1 Å². The number of amides is 1. The van der Waals surface area contributed by atoms with Crippen LogP contribution in [0, 0.1) is 11.3 Å². The van der Waals surface area contributed by atoms with Crippen molar-refractivity contribution in [3.63, 3.8) is 0 Å². The van der Waals surface area contributed by atoms with E-state index in [4.69, 9.17) is 21.6 Å². The summed E-state index contributed by atoms with van der Waals surface area (Å²) in [7, 11) is 0. The van der Waals surface area contributed by atoms with Crippen LogP contribution in [0.15, 0.2) is 48.5 Å². The second-order valence-electron chi connectivity index (χ2n) is 4.26. The molecule has 0 fully saturated rings. The van der Waals surface area contributed by atoms with E-state index in [0.29, 0.717) is 22.9 Å². The molecule has 1 N–H and O–H groups in total. The van der Waals surface area contributed by atoms with Crippen molar-refractivity contribution in [2.24, 2.45) is 0 Å². The van der Waals surface area contributed by atoms with Gasteiger partial charge in [0.05, 0.1) is 0 Å². The highest BCUT2D eigenvalue weighted by Crippen LogP contribution is 2.17. The molecule has 0 bridgehead atoms. The molecule has 0 atom stereocenters. The number of benzene rings is 2. The first-order valence-corrected chi connectivity index (χ1v) is 6.82. The van der Waals surface area contributed by atoms with Gasteiger partial charge in [-0.1, -0.05) is 12.1 Å². The first-order valence-electron chi connectivity index (χ1n) is 6.29. The molecule has 0 heterocycles. The first kappa shape index (κ1) is 14.9. The number of carbonyl (C=O) groups is 1. The molecule has 0 saturated carbocycles. The van der Waals surface area contributed by atoms with Gasteiger partial charge in [-0.15, -0.1) is 11.6 Å². The summed E-state index contributed by atoms with van der Waals surface area (Å²) < 4.78 is 5.14. The van der Waals surface area contributed by atoms with E-state index in [-0.39, 0.29) is 12.5 Å². The van der Waals surface area contributed by atoms with Crippen LogP contribution in [0.1, 0.15) is 15.9 Å². The van der Waals surface area contributed by atoms with Gasteiger partial charge in [0.25, 0.3) is 5.91 Å². The van der Waals surface area contributed by atoms with Gasteiger partial charge in [0.15, 0.2) is 6.61 Å². The second-order valence-corrected chi connectivity index (χ2v) is 4.53. The fourth-order valence-corrected chi connectivity index (χ4v) is 1.92. The molecule has 0 aliphatic rings. The van der Waals surface area contributed by atoms with Crippen molar-refractivity contribution in [1.29, 1.82) is 5.26 Å². The van der Waals surface area contributed by atoms with E-state index >= 15 is 0 Å². The van der Waals surface area contributed by atoms with Gasteiger partial charge in [-0.3, -0.25) is 4.79 Å². The lowest BCUT2D eigenvalue weighted by Crippen LogP contribution is -2.12. The Labute approximate surface area is 127 Å². The Hall–Kier alpha value is -2.51. The number of anilines is 1. The van der Waals surface area contributed by atoms with Crippen LogP contribution in [0.4, 0.5) is 5.69 Å². The van der Waals surface area contributed by atoms with Crippen LogP contribution in [0.25, 0.3) is 0 Å². The molecule has 4 nitrogen and oxygen atoms in total. The third-order valence-electron chi connectivity index (χ3n) is 2.76. The van der Waals surface area contributed by atoms with Crippen LogP contribution < -0.4 is 10.1 Å². The Balaban J connectivity index is 2.03. The number of nitriles is 1. The normalized spacial score (nSPS) is 9.71. The van der Waals surface area contributed by atoms with E-state index in [9.17, 15) is 4.79 Å². The van der Waals surface area contributed by atoms with Crippen molar-refractivity contribution in [3.05, 3.63) is 59.7 Å². The molecule has 2 aromatic rings. The molecule has 0 aromatic heterocycles. The fraction of sp³-hybridized carbons (Fsp3) is 0.125. The fourth-order valence-electron chi connectivity index (χ4n) is 1.75. The highest BCUT2D eigenvalue weighted by atomic mass is 35.5. The summed E-state index contributed by atoms with van der Waals surface area (Å²) in [4.78, 5) is 12.1. The molecule has 21 heavy (non-hydrogen) atoms. The Morgan fingerprint density at radius 3 is 2.67 bits per heavy atom. The Bertz CT molecular complexity index is 663. The smallest absolute Gasteiger partial charge is 0.255 e. The number of halogens is 1. The van der Waals surface area contributed by atoms with E-state index in [0.717, 1.165) is 5.56 Å². The minimum absolute atomic E-state index is 0.00305. The number of nitrogens with zero attached hydrogens (tertiary/aromatic N) is 1. The average molecular weight is 301 g/mol. The summed E-state index contributed by atoms with van der Waals surface area (Å²) in [5, 5.41) is 11.2. The lowest BCUT2D eigenvalue weighted by molar-refractivity contribution is 0.102. The Morgan fingerprint density at radius 1 is 1.24 bits per heavy atom. The number of ether oxygens (including phenoxy) is 1. The van der Waals surface area contributed by atoms with Crippen molar-refractivity contribution < 1.29 is 9.53 Å². The Morgan fingerprint density at radius 2 is 2.00 bits per heavy atom. The van der Waals surface area contributed by atoms with Crippen molar-refractivity contribution in [3.8, 4) is 11.8 Å². The summed E-state index contributed by atoms with van der Waals surface area (Å²) in [6.07, 6.45) is 0.